The second-order valence-corrected chi connectivity index (χ2v) is 7.20. The third-order valence-corrected chi connectivity index (χ3v) is 4.93. The van der Waals surface area contributed by atoms with Crippen molar-refractivity contribution in [1.29, 1.82) is 5.26 Å². The van der Waals surface area contributed by atoms with Gasteiger partial charge in [-0.15, -0.1) is 0 Å². The fraction of sp³-hybridized carbons (Fsp3) is 0.167. The van der Waals surface area contributed by atoms with Crippen LogP contribution in [0.15, 0.2) is 47.4 Å². The van der Waals surface area contributed by atoms with E-state index in [9.17, 15) is 13.8 Å². The molecule has 0 fully saturated rings. The number of anilines is 1. The van der Waals surface area contributed by atoms with Crippen molar-refractivity contribution < 1.29 is 18.5 Å². The number of rotatable bonds is 6. The number of esters is 1. The molecule has 1 atom stereocenters. The van der Waals surface area contributed by atoms with E-state index in [-0.39, 0.29) is 16.8 Å². The first-order valence-electron chi connectivity index (χ1n) is 7.60. The molecule has 134 valence electrons. The largest absolute Gasteiger partial charge is 0.452 e. The molecule has 0 saturated carbocycles. The highest BCUT2D eigenvalue weighted by molar-refractivity contribution is 7.85. The highest BCUT2D eigenvalue weighted by Crippen LogP contribution is 2.20. The molecule has 0 aliphatic carbocycles. The molecule has 6 nitrogen and oxygen atoms in total. The Morgan fingerprint density at radius 2 is 2.00 bits per heavy atom. The van der Waals surface area contributed by atoms with Gasteiger partial charge >= 0.3 is 5.97 Å². The van der Waals surface area contributed by atoms with Crippen LogP contribution in [0.4, 0.5) is 5.69 Å². The molecule has 0 bridgehead atoms. The van der Waals surface area contributed by atoms with Gasteiger partial charge in [0.15, 0.2) is 6.61 Å². The Kier molecular flexibility index (Phi) is 6.89. The topological polar surface area (TPSA) is 96.3 Å². The third kappa shape index (κ3) is 4.91. The number of benzene rings is 2. The van der Waals surface area contributed by atoms with Crippen molar-refractivity contribution in [2.45, 2.75) is 11.8 Å². The van der Waals surface area contributed by atoms with Gasteiger partial charge in [0.25, 0.3) is 5.91 Å². The second-order valence-electron chi connectivity index (χ2n) is 5.06. The quantitative estimate of drug-likeness (QED) is 0.764. The molecule has 2 aromatic rings. The van der Waals surface area contributed by atoms with Crippen LogP contribution in [0.3, 0.4) is 0 Å². The molecule has 0 spiro atoms. The molecular formula is C18H15ClN2O4S. The summed E-state index contributed by atoms with van der Waals surface area (Å²) in [5.74, 6) is -1.01. The maximum atomic E-state index is 12.2. The molecular weight excluding hydrogens is 376 g/mol. The lowest BCUT2D eigenvalue weighted by Gasteiger charge is -2.10. The van der Waals surface area contributed by atoms with Crippen LogP contribution in [0.5, 0.6) is 0 Å². The summed E-state index contributed by atoms with van der Waals surface area (Å²) < 4.78 is 17.0. The lowest BCUT2D eigenvalue weighted by molar-refractivity contribution is -0.119. The Labute approximate surface area is 158 Å². The minimum Gasteiger partial charge on any atom is -0.452 e. The number of halogens is 1. The SMILES string of the molecule is CC[S@@](=O)c1ccccc1C(=O)OCC(=O)Nc1cc(Cl)ccc1C#N. The van der Waals surface area contributed by atoms with Crippen molar-refractivity contribution in [2.75, 3.05) is 17.7 Å². The third-order valence-electron chi connectivity index (χ3n) is 3.32. The van der Waals surface area contributed by atoms with E-state index in [2.05, 4.69) is 5.32 Å². The van der Waals surface area contributed by atoms with E-state index in [0.29, 0.717) is 15.7 Å². The highest BCUT2D eigenvalue weighted by atomic mass is 35.5. The number of nitrogens with zero attached hydrogens (tertiary/aromatic N) is 1. The van der Waals surface area contributed by atoms with Crippen molar-refractivity contribution in [3.8, 4) is 6.07 Å². The summed E-state index contributed by atoms with van der Waals surface area (Å²) in [5.41, 5.74) is 0.618. The average Bonchev–Trinajstić information content (AvgIpc) is 2.65. The summed E-state index contributed by atoms with van der Waals surface area (Å²) in [7, 11) is -1.33. The van der Waals surface area contributed by atoms with Crippen LogP contribution in [0.1, 0.15) is 22.8 Å². The number of carbonyl (C=O) groups excluding carboxylic acids is 2. The van der Waals surface area contributed by atoms with E-state index in [1.165, 1.54) is 24.3 Å². The van der Waals surface area contributed by atoms with E-state index in [0.717, 1.165) is 0 Å². The maximum Gasteiger partial charge on any atom is 0.339 e. The molecule has 26 heavy (non-hydrogen) atoms. The van der Waals surface area contributed by atoms with Gasteiger partial charge in [0.2, 0.25) is 0 Å². The molecule has 1 N–H and O–H groups in total. The van der Waals surface area contributed by atoms with E-state index in [1.807, 2.05) is 6.07 Å². The van der Waals surface area contributed by atoms with Crippen molar-refractivity contribution >= 4 is 40.0 Å². The van der Waals surface area contributed by atoms with Gasteiger partial charge in [0, 0.05) is 10.8 Å². The first-order chi connectivity index (χ1) is 12.5. The molecule has 2 aromatic carbocycles. The zero-order valence-electron chi connectivity index (χ0n) is 13.8. The van der Waals surface area contributed by atoms with Crippen molar-refractivity contribution in [3.63, 3.8) is 0 Å². The van der Waals surface area contributed by atoms with Crippen molar-refractivity contribution in [2.24, 2.45) is 0 Å². The molecule has 0 saturated heterocycles. The molecule has 1 amide bonds. The Bertz CT molecular complexity index is 908. The van der Waals surface area contributed by atoms with Gasteiger partial charge in [-0.2, -0.15) is 5.26 Å². The number of nitriles is 1. The fourth-order valence-corrected chi connectivity index (χ4v) is 3.21. The molecule has 0 aromatic heterocycles. The maximum absolute atomic E-state index is 12.2. The molecule has 0 aliphatic heterocycles. The fourth-order valence-electron chi connectivity index (χ4n) is 2.10. The minimum atomic E-state index is -1.33. The average molecular weight is 391 g/mol. The van der Waals surface area contributed by atoms with Gasteiger partial charge in [-0.05, 0) is 30.3 Å². The molecule has 0 heterocycles. The smallest absolute Gasteiger partial charge is 0.339 e. The molecule has 0 radical (unpaired) electrons. The number of amides is 1. The summed E-state index contributed by atoms with van der Waals surface area (Å²) in [4.78, 5) is 24.6. The van der Waals surface area contributed by atoms with Crippen molar-refractivity contribution in [3.05, 3.63) is 58.6 Å². The van der Waals surface area contributed by atoms with Gasteiger partial charge in [-0.25, -0.2) is 4.79 Å². The zero-order valence-corrected chi connectivity index (χ0v) is 15.4. The van der Waals surface area contributed by atoms with Gasteiger partial charge in [0.1, 0.15) is 6.07 Å². The van der Waals surface area contributed by atoms with Gasteiger partial charge in [-0.1, -0.05) is 30.7 Å². The number of carbonyl (C=O) groups is 2. The van der Waals surface area contributed by atoms with E-state index in [1.54, 1.807) is 25.1 Å². The first-order valence-corrected chi connectivity index (χ1v) is 9.30. The predicted molar refractivity (Wildman–Crippen MR) is 98.5 cm³/mol. The minimum absolute atomic E-state index is 0.154. The van der Waals surface area contributed by atoms with Gasteiger partial charge in [0.05, 0.1) is 32.5 Å². The van der Waals surface area contributed by atoms with E-state index >= 15 is 0 Å². The van der Waals surface area contributed by atoms with E-state index < -0.39 is 29.3 Å². The van der Waals surface area contributed by atoms with Crippen LogP contribution < -0.4 is 5.32 Å². The highest BCUT2D eigenvalue weighted by Gasteiger charge is 2.17. The summed E-state index contributed by atoms with van der Waals surface area (Å²) >= 11 is 5.85. The monoisotopic (exact) mass is 390 g/mol. The predicted octanol–water partition coefficient (Wildman–Crippen LogP) is 3.13. The standard InChI is InChI=1S/C18H15ClN2O4S/c1-2-26(24)16-6-4-3-5-14(16)18(23)25-11-17(22)21-15-9-13(19)8-7-12(15)10-20/h3-9H,2,11H2,1H3,(H,21,22)/t26-/m1/s1. The number of ether oxygens (including phenoxy) is 1. The van der Waals surface area contributed by atoms with Crippen LogP contribution in [0.2, 0.25) is 5.02 Å². The Morgan fingerprint density at radius 3 is 2.69 bits per heavy atom. The van der Waals surface area contributed by atoms with Crippen LogP contribution in [0, 0.1) is 11.3 Å². The van der Waals surface area contributed by atoms with E-state index in [4.69, 9.17) is 21.6 Å². The Balaban J connectivity index is 2.05. The first kappa shape index (κ1) is 19.6. The van der Waals surface area contributed by atoms with Gasteiger partial charge < -0.3 is 10.1 Å². The number of hydrogen-bond acceptors (Lipinski definition) is 5. The summed E-state index contributed by atoms with van der Waals surface area (Å²) in [6, 6.07) is 12.7. The normalized spacial score (nSPS) is 11.3. The summed E-state index contributed by atoms with van der Waals surface area (Å²) in [5, 5.41) is 11.9. The molecule has 2 rings (SSSR count). The van der Waals surface area contributed by atoms with Crippen LogP contribution in [0.25, 0.3) is 0 Å². The molecule has 8 heteroatoms. The number of nitrogens with one attached hydrogen (secondary N) is 1. The van der Waals surface area contributed by atoms with Crippen LogP contribution >= 0.6 is 11.6 Å². The number of hydrogen-bond donors (Lipinski definition) is 1. The molecule has 0 aliphatic rings. The molecule has 0 unspecified atom stereocenters. The second kappa shape index (κ2) is 9.13. The lowest BCUT2D eigenvalue weighted by atomic mass is 10.2. The Hall–Kier alpha value is -2.69. The lowest BCUT2D eigenvalue weighted by Crippen LogP contribution is -2.22. The summed E-state index contributed by atoms with van der Waals surface area (Å²) in [6.07, 6.45) is 0. The van der Waals surface area contributed by atoms with Gasteiger partial charge in [-0.3, -0.25) is 9.00 Å². The van der Waals surface area contributed by atoms with Crippen molar-refractivity contribution in [1.82, 2.24) is 0 Å². The summed E-state index contributed by atoms with van der Waals surface area (Å²) in [6.45, 7) is 1.19. The van der Waals surface area contributed by atoms with Crippen LogP contribution in [-0.2, 0) is 20.3 Å². The van der Waals surface area contributed by atoms with Crippen LogP contribution in [-0.4, -0.2) is 28.4 Å². The Morgan fingerprint density at radius 1 is 1.27 bits per heavy atom. The zero-order chi connectivity index (χ0) is 19.1.